The van der Waals surface area contributed by atoms with Crippen molar-refractivity contribution < 1.29 is 14.3 Å². The van der Waals surface area contributed by atoms with Gasteiger partial charge in [-0.3, -0.25) is 9.59 Å². The van der Waals surface area contributed by atoms with Crippen LogP contribution in [0.15, 0.2) is 18.2 Å². The molecule has 1 fully saturated rings. The predicted octanol–water partition coefficient (Wildman–Crippen LogP) is 1.90. The zero-order valence-electron chi connectivity index (χ0n) is 11.3. The first kappa shape index (κ1) is 16.1. The van der Waals surface area contributed by atoms with Crippen LogP contribution in [0.3, 0.4) is 0 Å². The summed E-state index contributed by atoms with van der Waals surface area (Å²) in [6.45, 7) is 1.10. The average molecular weight is 331 g/mol. The van der Waals surface area contributed by atoms with E-state index in [1.165, 1.54) is 0 Å². The van der Waals surface area contributed by atoms with Gasteiger partial charge in [0.25, 0.3) is 0 Å². The SMILES string of the molecule is O=C1CC[C@@H](C(=O)NCCOCc2ccc(Cl)cc2Cl)N1. The van der Waals surface area contributed by atoms with E-state index in [0.29, 0.717) is 42.6 Å². The second kappa shape index (κ2) is 7.64. The molecule has 1 heterocycles. The molecule has 0 spiro atoms. The second-order valence-corrected chi connectivity index (χ2v) is 5.58. The Bertz CT molecular complexity index is 537. The van der Waals surface area contributed by atoms with Crippen molar-refractivity contribution in [3.8, 4) is 0 Å². The smallest absolute Gasteiger partial charge is 0.242 e. The highest BCUT2D eigenvalue weighted by Gasteiger charge is 2.26. The van der Waals surface area contributed by atoms with Gasteiger partial charge in [0.1, 0.15) is 6.04 Å². The fourth-order valence-electron chi connectivity index (χ4n) is 2.00. The molecular weight excluding hydrogens is 315 g/mol. The first-order valence-corrected chi connectivity index (χ1v) is 7.40. The molecule has 1 aliphatic rings. The number of carbonyl (C=O) groups excluding carboxylic acids is 2. The zero-order valence-corrected chi connectivity index (χ0v) is 12.8. The van der Waals surface area contributed by atoms with Gasteiger partial charge in [-0.05, 0) is 24.1 Å². The number of ether oxygens (including phenoxy) is 1. The van der Waals surface area contributed by atoms with E-state index in [1.807, 2.05) is 0 Å². The number of benzene rings is 1. The molecule has 2 N–H and O–H groups in total. The largest absolute Gasteiger partial charge is 0.375 e. The molecule has 0 radical (unpaired) electrons. The Morgan fingerprint density at radius 2 is 2.24 bits per heavy atom. The molecule has 114 valence electrons. The summed E-state index contributed by atoms with van der Waals surface area (Å²) in [5.74, 6) is -0.252. The molecule has 0 aromatic heterocycles. The summed E-state index contributed by atoms with van der Waals surface area (Å²) >= 11 is 11.8. The number of carbonyl (C=O) groups is 2. The molecule has 2 rings (SSSR count). The molecule has 1 aromatic rings. The van der Waals surface area contributed by atoms with Gasteiger partial charge in [-0.2, -0.15) is 0 Å². The highest BCUT2D eigenvalue weighted by molar-refractivity contribution is 6.35. The van der Waals surface area contributed by atoms with Crippen LogP contribution in [0.1, 0.15) is 18.4 Å². The average Bonchev–Trinajstić information content (AvgIpc) is 2.87. The van der Waals surface area contributed by atoms with Gasteiger partial charge in [0.05, 0.1) is 13.2 Å². The van der Waals surface area contributed by atoms with E-state index in [-0.39, 0.29) is 11.8 Å². The molecule has 0 aliphatic carbocycles. The van der Waals surface area contributed by atoms with Gasteiger partial charge in [0.2, 0.25) is 11.8 Å². The topological polar surface area (TPSA) is 67.4 Å². The van der Waals surface area contributed by atoms with Gasteiger partial charge in [-0.1, -0.05) is 29.3 Å². The van der Waals surface area contributed by atoms with Gasteiger partial charge in [-0.25, -0.2) is 0 Å². The molecule has 0 unspecified atom stereocenters. The third-order valence-corrected chi connectivity index (χ3v) is 3.72. The van der Waals surface area contributed by atoms with Crippen LogP contribution >= 0.6 is 23.2 Å². The lowest BCUT2D eigenvalue weighted by Gasteiger charge is -2.11. The van der Waals surface area contributed by atoms with Crippen molar-refractivity contribution in [1.29, 1.82) is 0 Å². The quantitative estimate of drug-likeness (QED) is 0.783. The Labute approximate surface area is 132 Å². The Balaban J connectivity index is 1.63. The number of rotatable bonds is 6. The number of amides is 2. The lowest BCUT2D eigenvalue weighted by molar-refractivity contribution is -0.125. The molecule has 1 aromatic carbocycles. The van der Waals surface area contributed by atoms with Crippen LogP contribution in [0, 0.1) is 0 Å². The van der Waals surface area contributed by atoms with E-state index in [2.05, 4.69) is 10.6 Å². The fraction of sp³-hybridized carbons (Fsp3) is 0.429. The summed E-state index contributed by atoms with van der Waals surface area (Å²) in [6.07, 6.45) is 0.954. The standard InChI is InChI=1S/C14H16Cl2N2O3/c15-10-2-1-9(11(16)7-10)8-21-6-5-17-14(20)12-3-4-13(19)18-12/h1-2,7,12H,3-6,8H2,(H,17,20)(H,18,19)/t12-/m0/s1. The minimum absolute atomic E-state index is 0.0798. The first-order chi connectivity index (χ1) is 10.1. The van der Waals surface area contributed by atoms with Crippen LogP contribution < -0.4 is 10.6 Å². The summed E-state index contributed by atoms with van der Waals surface area (Å²) in [5, 5.41) is 6.47. The van der Waals surface area contributed by atoms with Crippen LogP contribution in [0.25, 0.3) is 0 Å². The molecule has 5 nitrogen and oxygen atoms in total. The van der Waals surface area contributed by atoms with Gasteiger partial charge < -0.3 is 15.4 Å². The van der Waals surface area contributed by atoms with Gasteiger partial charge in [-0.15, -0.1) is 0 Å². The van der Waals surface area contributed by atoms with Crippen molar-refractivity contribution >= 4 is 35.0 Å². The lowest BCUT2D eigenvalue weighted by Crippen LogP contribution is -2.42. The van der Waals surface area contributed by atoms with Crippen LogP contribution in [0.2, 0.25) is 10.0 Å². The summed E-state index contributed by atoms with van der Waals surface area (Å²) in [7, 11) is 0. The van der Waals surface area contributed by atoms with Crippen LogP contribution in [-0.4, -0.2) is 31.0 Å². The van der Waals surface area contributed by atoms with Crippen molar-refractivity contribution in [2.75, 3.05) is 13.2 Å². The molecule has 2 amide bonds. The van der Waals surface area contributed by atoms with Crippen molar-refractivity contribution in [2.45, 2.75) is 25.5 Å². The third-order valence-electron chi connectivity index (χ3n) is 3.13. The number of halogens is 2. The molecule has 1 aliphatic heterocycles. The van der Waals surface area contributed by atoms with Crippen molar-refractivity contribution in [1.82, 2.24) is 10.6 Å². The molecule has 7 heteroatoms. The van der Waals surface area contributed by atoms with Crippen LogP contribution in [-0.2, 0) is 20.9 Å². The van der Waals surface area contributed by atoms with Gasteiger partial charge in [0, 0.05) is 23.0 Å². The van der Waals surface area contributed by atoms with E-state index in [1.54, 1.807) is 18.2 Å². The van der Waals surface area contributed by atoms with Crippen molar-refractivity contribution in [3.05, 3.63) is 33.8 Å². The lowest BCUT2D eigenvalue weighted by atomic mass is 10.2. The number of nitrogens with one attached hydrogen (secondary N) is 2. The molecule has 1 atom stereocenters. The maximum absolute atomic E-state index is 11.7. The van der Waals surface area contributed by atoms with E-state index >= 15 is 0 Å². The maximum atomic E-state index is 11.7. The van der Waals surface area contributed by atoms with E-state index in [4.69, 9.17) is 27.9 Å². The molecule has 0 bridgehead atoms. The Morgan fingerprint density at radius 1 is 1.43 bits per heavy atom. The minimum Gasteiger partial charge on any atom is -0.375 e. The summed E-state index contributed by atoms with van der Waals surface area (Å²) in [6, 6.07) is 4.79. The van der Waals surface area contributed by atoms with Crippen LogP contribution in [0.4, 0.5) is 0 Å². The van der Waals surface area contributed by atoms with E-state index in [9.17, 15) is 9.59 Å². The Kier molecular flexibility index (Phi) is 5.85. The molecule has 1 saturated heterocycles. The number of hydrogen-bond acceptors (Lipinski definition) is 3. The summed E-state index contributed by atoms with van der Waals surface area (Å²) < 4.78 is 5.44. The van der Waals surface area contributed by atoms with E-state index in [0.717, 1.165) is 5.56 Å². The van der Waals surface area contributed by atoms with Gasteiger partial charge >= 0.3 is 0 Å². The highest BCUT2D eigenvalue weighted by atomic mass is 35.5. The minimum atomic E-state index is -0.414. The normalized spacial score (nSPS) is 17.6. The van der Waals surface area contributed by atoms with E-state index < -0.39 is 6.04 Å². The highest BCUT2D eigenvalue weighted by Crippen LogP contribution is 2.21. The number of hydrogen-bond donors (Lipinski definition) is 2. The molecule has 21 heavy (non-hydrogen) atoms. The first-order valence-electron chi connectivity index (χ1n) is 6.65. The Hall–Kier alpha value is -1.30. The van der Waals surface area contributed by atoms with Crippen LogP contribution in [0.5, 0.6) is 0 Å². The molecular formula is C14H16Cl2N2O3. The summed E-state index contributed by atoms with van der Waals surface area (Å²) in [4.78, 5) is 22.7. The summed E-state index contributed by atoms with van der Waals surface area (Å²) in [5.41, 5.74) is 0.843. The fourth-order valence-corrected chi connectivity index (χ4v) is 2.46. The predicted molar refractivity (Wildman–Crippen MR) is 80.3 cm³/mol. The van der Waals surface area contributed by atoms with Gasteiger partial charge in [0.15, 0.2) is 0 Å². The maximum Gasteiger partial charge on any atom is 0.242 e. The zero-order chi connectivity index (χ0) is 15.2. The Morgan fingerprint density at radius 3 is 2.90 bits per heavy atom. The third kappa shape index (κ3) is 4.88. The van der Waals surface area contributed by atoms with Crippen molar-refractivity contribution in [2.24, 2.45) is 0 Å². The van der Waals surface area contributed by atoms with Crippen molar-refractivity contribution in [3.63, 3.8) is 0 Å². The monoisotopic (exact) mass is 330 g/mol. The second-order valence-electron chi connectivity index (χ2n) is 4.74. The molecule has 0 saturated carbocycles.